The first-order valence-electron chi connectivity index (χ1n) is 11.4. The van der Waals surface area contributed by atoms with Crippen LogP contribution in [0.25, 0.3) is 0 Å². The highest BCUT2D eigenvalue weighted by atomic mass is 31.1. The van der Waals surface area contributed by atoms with Gasteiger partial charge < -0.3 is 4.74 Å². The van der Waals surface area contributed by atoms with Crippen LogP contribution in [-0.2, 0) is 0 Å². The van der Waals surface area contributed by atoms with E-state index in [1.807, 2.05) is 0 Å². The maximum Gasteiger partial charge on any atom is 0.118 e. The summed E-state index contributed by atoms with van der Waals surface area (Å²) in [4.78, 5) is 0. The number of rotatable bonds is 8. The quantitative estimate of drug-likeness (QED) is 0.267. The molecule has 0 amide bonds. The minimum absolute atomic E-state index is 0.632. The van der Waals surface area contributed by atoms with Gasteiger partial charge in [0.25, 0.3) is 0 Å². The first-order valence-corrected chi connectivity index (χ1v) is 15.1. The van der Waals surface area contributed by atoms with Gasteiger partial charge in [0.1, 0.15) is 13.8 Å². The molecule has 3 heteroatoms. The first kappa shape index (κ1) is 22.5. The van der Waals surface area contributed by atoms with Crippen molar-refractivity contribution < 1.29 is 4.74 Å². The van der Waals surface area contributed by atoms with Crippen molar-refractivity contribution in [2.24, 2.45) is 0 Å². The van der Waals surface area contributed by atoms with Crippen molar-refractivity contribution in [1.82, 2.24) is 0 Å². The van der Waals surface area contributed by atoms with Crippen molar-refractivity contribution in [1.29, 1.82) is 0 Å². The van der Waals surface area contributed by atoms with E-state index in [1.54, 1.807) is 12.3 Å². The van der Waals surface area contributed by atoms with Gasteiger partial charge in [0.05, 0.1) is 7.11 Å². The third kappa shape index (κ3) is 4.31. The summed E-state index contributed by atoms with van der Waals surface area (Å²) in [5, 5.41) is 7.39. The van der Waals surface area contributed by atoms with Crippen molar-refractivity contribution in [3.63, 3.8) is 0 Å². The second kappa shape index (κ2) is 10.3. The van der Waals surface area contributed by atoms with Crippen LogP contribution in [-0.4, -0.2) is 15.2 Å². The highest BCUT2D eigenvalue weighted by Crippen LogP contribution is 2.33. The minimum atomic E-state index is -1.94. The van der Waals surface area contributed by atoms with E-state index < -0.39 is 16.0 Å². The van der Waals surface area contributed by atoms with Gasteiger partial charge >= 0.3 is 0 Å². The van der Waals surface area contributed by atoms with Gasteiger partial charge in [-0.1, -0.05) is 128 Å². The summed E-state index contributed by atoms with van der Waals surface area (Å²) in [5.74, 6) is 0.924. The number of benzene rings is 4. The molecule has 0 bridgehead atoms. The van der Waals surface area contributed by atoms with E-state index in [2.05, 4.69) is 123 Å². The third-order valence-corrected chi connectivity index (χ3v) is 14.6. The standard InChI is InChI=1S/C29H31OPSi/c1-4-32(5-2,27-22-20-24(30-3)21-23-27)29-19-13-12-18-28(29)31(25-14-8-6-9-15-25)26-16-10-7-11-17-26/h6-23H,4-5H2,1-3H3. The van der Waals surface area contributed by atoms with Gasteiger partial charge in [-0.3, -0.25) is 0 Å². The highest BCUT2D eigenvalue weighted by molar-refractivity contribution is 7.80. The normalized spacial score (nSPS) is 11.5. The summed E-state index contributed by atoms with van der Waals surface area (Å²) in [5.41, 5.74) is 0. The van der Waals surface area contributed by atoms with Gasteiger partial charge in [-0.25, -0.2) is 0 Å². The van der Waals surface area contributed by atoms with E-state index in [4.69, 9.17) is 4.74 Å². The molecule has 32 heavy (non-hydrogen) atoms. The molecule has 0 N–H and O–H groups in total. The van der Waals surface area contributed by atoms with E-state index in [9.17, 15) is 0 Å². The lowest BCUT2D eigenvalue weighted by atomic mass is 10.3. The molecule has 0 aliphatic carbocycles. The summed E-state index contributed by atoms with van der Waals surface area (Å²) in [6, 6.07) is 42.6. The fourth-order valence-electron chi connectivity index (χ4n) is 4.76. The zero-order chi connectivity index (χ0) is 22.4. The molecular formula is C29H31OPSi. The second-order valence-electron chi connectivity index (χ2n) is 8.04. The summed E-state index contributed by atoms with van der Waals surface area (Å²) in [7, 11) is -0.838. The summed E-state index contributed by atoms with van der Waals surface area (Å²) < 4.78 is 5.45. The molecule has 0 saturated heterocycles. The van der Waals surface area contributed by atoms with Crippen molar-refractivity contribution in [2.45, 2.75) is 25.9 Å². The lowest BCUT2D eigenvalue weighted by Gasteiger charge is -2.35. The van der Waals surface area contributed by atoms with Crippen LogP contribution < -0.4 is 31.0 Å². The molecule has 0 unspecified atom stereocenters. The molecule has 0 aromatic heterocycles. The maximum atomic E-state index is 5.45. The average molecular weight is 455 g/mol. The molecule has 0 fully saturated rings. The lowest BCUT2D eigenvalue weighted by Crippen LogP contribution is -2.61. The summed E-state index contributed by atoms with van der Waals surface area (Å²) >= 11 is 0. The third-order valence-electron chi connectivity index (χ3n) is 6.54. The van der Waals surface area contributed by atoms with E-state index in [0.717, 1.165) is 5.75 Å². The molecular weight excluding hydrogens is 423 g/mol. The van der Waals surface area contributed by atoms with Crippen LogP contribution in [0.15, 0.2) is 109 Å². The number of hydrogen-bond acceptors (Lipinski definition) is 1. The number of hydrogen-bond donors (Lipinski definition) is 0. The molecule has 1 nitrogen and oxygen atoms in total. The highest BCUT2D eigenvalue weighted by Gasteiger charge is 2.37. The van der Waals surface area contributed by atoms with Gasteiger partial charge in [0.2, 0.25) is 0 Å². The second-order valence-corrected chi connectivity index (χ2v) is 14.9. The fourth-order valence-corrected chi connectivity index (χ4v) is 12.3. The molecule has 162 valence electrons. The average Bonchev–Trinajstić information content (AvgIpc) is 2.88. The zero-order valence-electron chi connectivity index (χ0n) is 19.2. The Morgan fingerprint density at radius 3 is 1.62 bits per heavy atom. The lowest BCUT2D eigenvalue weighted by molar-refractivity contribution is 0.415. The van der Waals surface area contributed by atoms with Crippen LogP contribution in [0.2, 0.25) is 12.1 Å². The van der Waals surface area contributed by atoms with E-state index in [1.165, 1.54) is 33.2 Å². The summed E-state index contributed by atoms with van der Waals surface area (Å²) in [6.07, 6.45) is 0. The predicted molar refractivity (Wildman–Crippen MR) is 144 cm³/mol. The molecule has 0 aliphatic heterocycles. The van der Waals surface area contributed by atoms with E-state index in [-0.39, 0.29) is 0 Å². The minimum Gasteiger partial charge on any atom is -0.497 e. The van der Waals surface area contributed by atoms with Crippen molar-refractivity contribution >= 4 is 42.3 Å². The first-order chi connectivity index (χ1) is 15.7. The molecule has 0 radical (unpaired) electrons. The van der Waals surface area contributed by atoms with Crippen LogP contribution in [0.1, 0.15) is 13.8 Å². The molecule has 0 spiro atoms. The molecule has 0 atom stereocenters. The Labute approximate surface area is 194 Å². The van der Waals surface area contributed by atoms with Crippen LogP contribution in [0.4, 0.5) is 0 Å². The van der Waals surface area contributed by atoms with Crippen LogP contribution >= 0.6 is 7.92 Å². The number of ether oxygens (including phenoxy) is 1. The molecule has 4 rings (SSSR count). The Morgan fingerprint density at radius 1 is 0.625 bits per heavy atom. The largest absolute Gasteiger partial charge is 0.497 e. The Morgan fingerprint density at radius 2 is 1.12 bits per heavy atom. The smallest absolute Gasteiger partial charge is 0.118 e. The van der Waals surface area contributed by atoms with E-state index in [0.29, 0.717) is 0 Å². The van der Waals surface area contributed by atoms with E-state index >= 15 is 0 Å². The maximum absolute atomic E-state index is 5.45. The van der Waals surface area contributed by atoms with Crippen LogP contribution in [0.5, 0.6) is 5.75 Å². The molecule has 0 heterocycles. The predicted octanol–water partition coefficient (Wildman–Crippen LogP) is 5.06. The van der Waals surface area contributed by atoms with Crippen LogP contribution in [0, 0.1) is 0 Å². The topological polar surface area (TPSA) is 9.23 Å². The van der Waals surface area contributed by atoms with Gasteiger partial charge in [-0.15, -0.1) is 0 Å². The van der Waals surface area contributed by atoms with Crippen molar-refractivity contribution in [3.8, 4) is 5.75 Å². The Hall–Kier alpha value is -2.67. The fraction of sp³-hybridized carbons (Fsp3) is 0.172. The van der Waals surface area contributed by atoms with Crippen LogP contribution in [0.3, 0.4) is 0 Å². The Bertz CT molecular complexity index is 1080. The van der Waals surface area contributed by atoms with Crippen molar-refractivity contribution in [2.75, 3.05) is 7.11 Å². The van der Waals surface area contributed by atoms with Gasteiger partial charge in [-0.05, 0) is 41.2 Å². The SMILES string of the molecule is CC[Si](CC)(c1ccc(OC)cc1)c1ccccc1P(c1ccccc1)c1ccccc1. The van der Waals surface area contributed by atoms with Gasteiger partial charge in [0, 0.05) is 0 Å². The Balaban J connectivity index is 1.94. The van der Waals surface area contributed by atoms with Gasteiger partial charge in [0.15, 0.2) is 0 Å². The van der Waals surface area contributed by atoms with Crippen molar-refractivity contribution in [3.05, 3.63) is 109 Å². The Kier molecular flexibility index (Phi) is 7.25. The molecule has 0 aliphatic rings. The number of methoxy groups -OCH3 is 1. The van der Waals surface area contributed by atoms with Gasteiger partial charge in [-0.2, -0.15) is 0 Å². The monoisotopic (exact) mass is 454 g/mol. The zero-order valence-corrected chi connectivity index (χ0v) is 21.1. The molecule has 4 aromatic rings. The molecule has 0 saturated carbocycles. The molecule has 4 aromatic carbocycles. The summed E-state index contributed by atoms with van der Waals surface area (Å²) in [6.45, 7) is 4.76.